The molecule has 0 amide bonds. The summed E-state index contributed by atoms with van der Waals surface area (Å²) in [6.07, 6.45) is 5.50. The summed E-state index contributed by atoms with van der Waals surface area (Å²) in [6, 6.07) is 0. The fourth-order valence-electron chi connectivity index (χ4n) is 0.977. The molecule has 0 spiro atoms. The summed E-state index contributed by atoms with van der Waals surface area (Å²) in [7, 11) is 0. The number of hydrogen-bond acceptors (Lipinski definition) is 5. The van der Waals surface area contributed by atoms with Crippen molar-refractivity contribution in [3.63, 3.8) is 0 Å². The smallest absolute Gasteiger partial charge is 0.162 e. The van der Waals surface area contributed by atoms with E-state index in [9.17, 15) is 4.79 Å². The molecule has 13 heavy (non-hydrogen) atoms. The minimum absolute atomic E-state index is 0.606. The Labute approximate surface area is 78.3 Å². The SMILES string of the molecule is O=Cc1scnc1-c1cncnc1. The monoisotopic (exact) mass is 191 g/mol. The molecule has 0 aliphatic carbocycles. The van der Waals surface area contributed by atoms with Gasteiger partial charge >= 0.3 is 0 Å². The molecule has 64 valence electrons. The molecule has 2 rings (SSSR count). The Kier molecular flexibility index (Phi) is 2.09. The van der Waals surface area contributed by atoms with Crippen LogP contribution in [-0.2, 0) is 0 Å². The van der Waals surface area contributed by atoms with E-state index in [0.29, 0.717) is 10.6 Å². The molecule has 2 heterocycles. The number of aromatic nitrogens is 3. The highest BCUT2D eigenvalue weighted by atomic mass is 32.1. The van der Waals surface area contributed by atoms with Gasteiger partial charge in [0.25, 0.3) is 0 Å². The summed E-state index contributed by atoms with van der Waals surface area (Å²) in [4.78, 5) is 23.0. The number of carbonyl (C=O) groups is 1. The largest absolute Gasteiger partial charge is 0.297 e. The van der Waals surface area contributed by atoms with Gasteiger partial charge in [-0.25, -0.2) is 15.0 Å². The molecule has 0 radical (unpaired) electrons. The number of rotatable bonds is 2. The molecule has 0 unspecified atom stereocenters. The van der Waals surface area contributed by atoms with Crippen molar-refractivity contribution in [3.8, 4) is 11.3 Å². The predicted octanol–water partition coefficient (Wildman–Crippen LogP) is 1.41. The molecule has 0 aromatic carbocycles. The average Bonchev–Trinajstić information content (AvgIpc) is 2.67. The van der Waals surface area contributed by atoms with Crippen molar-refractivity contribution >= 4 is 17.6 Å². The van der Waals surface area contributed by atoms with Gasteiger partial charge in [-0.2, -0.15) is 0 Å². The van der Waals surface area contributed by atoms with Crippen molar-refractivity contribution in [2.75, 3.05) is 0 Å². The van der Waals surface area contributed by atoms with Crippen LogP contribution in [0.5, 0.6) is 0 Å². The highest BCUT2D eigenvalue weighted by Gasteiger charge is 2.07. The van der Waals surface area contributed by atoms with Crippen LogP contribution in [0.25, 0.3) is 11.3 Å². The zero-order valence-corrected chi connectivity index (χ0v) is 7.36. The Morgan fingerprint density at radius 2 is 2.08 bits per heavy atom. The van der Waals surface area contributed by atoms with Gasteiger partial charge in [-0.3, -0.25) is 4.79 Å². The lowest BCUT2D eigenvalue weighted by molar-refractivity contribution is 0.112. The molecule has 2 aromatic rings. The summed E-state index contributed by atoms with van der Waals surface area (Å²) >= 11 is 1.31. The van der Waals surface area contributed by atoms with Gasteiger partial charge in [0.15, 0.2) is 6.29 Å². The first-order valence-corrected chi connectivity index (χ1v) is 4.44. The predicted molar refractivity (Wildman–Crippen MR) is 48.5 cm³/mol. The fraction of sp³-hybridized carbons (Fsp3) is 0. The van der Waals surface area contributed by atoms with E-state index in [2.05, 4.69) is 15.0 Å². The minimum Gasteiger partial charge on any atom is -0.297 e. The van der Waals surface area contributed by atoms with E-state index < -0.39 is 0 Å². The van der Waals surface area contributed by atoms with Crippen molar-refractivity contribution in [3.05, 3.63) is 29.1 Å². The van der Waals surface area contributed by atoms with E-state index >= 15 is 0 Å². The van der Waals surface area contributed by atoms with Gasteiger partial charge in [0.2, 0.25) is 0 Å². The lowest BCUT2D eigenvalue weighted by Gasteiger charge is -1.94. The van der Waals surface area contributed by atoms with Crippen LogP contribution in [0.4, 0.5) is 0 Å². The Morgan fingerprint density at radius 1 is 1.31 bits per heavy atom. The van der Waals surface area contributed by atoms with E-state index in [1.54, 1.807) is 17.9 Å². The van der Waals surface area contributed by atoms with E-state index in [1.807, 2.05) is 0 Å². The maximum Gasteiger partial charge on any atom is 0.162 e. The molecule has 5 heteroatoms. The van der Waals surface area contributed by atoms with E-state index in [4.69, 9.17) is 0 Å². The normalized spacial score (nSPS) is 9.85. The molecule has 0 bridgehead atoms. The van der Waals surface area contributed by atoms with Gasteiger partial charge in [0, 0.05) is 18.0 Å². The fourth-order valence-corrected chi connectivity index (χ4v) is 1.59. The van der Waals surface area contributed by atoms with Crippen LogP contribution < -0.4 is 0 Å². The molecule has 0 fully saturated rings. The quantitative estimate of drug-likeness (QED) is 0.673. The highest BCUT2D eigenvalue weighted by Crippen LogP contribution is 2.21. The highest BCUT2D eigenvalue weighted by molar-refractivity contribution is 7.11. The number of thiazole rings is 1. The molecule has 0 atom stereocenters. The Balaban J connectivity index is 2.52. The third-order valence-electron chi connectivity index (χ3n) is 1.54. The summed E-state index contributed by atoms with van der Waals surface area (Å²) < 4.78 is 0. The topological polar surface area (TPSA) is 55.7 Å². The van der Waals surface area contributed by atoms with Gasteiger partial charge in [0.05, 0.1) is 16.1 Å². The standard InChI is InChI=1S/C8H5N3OS/c12-3-7-8(11-5-13-7)6-1-9-4-10-2-6/h1-5H. The second-order valence-electron chi connectivity index (χ2n) is 2.31. The Morgan fingerprint density at radius 3 is 2.77 bits per heavy atom. The molecule has 2 aromatic heterocycles. The first-order valence-electron chi connectivity index (χ1n) is 3.56. The van der Waals surface area contributed by atoms with Crippen LogP contribution in [0, 0.1) is 0 Å². The summed E-state index contributed by atoms with van der Waals surface area (Å²) in [5, 5.41) is 0. The van der Waals surface area contributed by atoms with E-state index in [0.717, 1.165) is 11.8 Å². The van der Waals surface area contributed by atoms with Crippen molar-refractivity contribution in [2.24, 2.45) is 0 Å². The number of carbonyl (C=O) groups excluding carboxylic acids is 1. The molecule has 0 N–H and O–H groups in total. The first-order chi connectivity index (χ1) is 6.42. The van der Waals surface area contributed by atoms with Crippen molar-refractivity contribution < 1.29 is 4.79 Å². The van der Waals surface area contributed by atoms with E-state index in [-0.39, 0.29) is 0 Å². The van der Waals surface area contributed by atoms with Gasteiger partial charge in [-0.15, -0.1) is 11.3 Å². The summed E-state index contributed by atoms with van der Waals surface area (Å²) in [5.74, 6) is 0. The zero-order chi connectivity index (χ0) is 9.10. The zero-order valence-electron chi connectivity index (χ0n) is 6.54. The minimum atomic E-state index is 0.606. The molecular formula is C8H5N3OS. The average molecular weight is 191 g/mol. The summed E-state index contributed by atoms with van der Waals surface area (Å²) in [5.41, 5.74) is 3.05. The van der Waals surface area contributed by atoms with Crippen molar-refractivity contribution in [2.45, 2.75) is 0 Å². The van der Waals surface area contributed by atoms with Crippen molar-refractivity contribution in [1.82, 2.24) is 15.0 Å². The lowest BCUT2D eigenvalue weighted by atomic mass is 10.2. The van der Waals surface area contributed by atoms with Crippen LogP contribution in [-0.4, -0.2) is 21.2 Å². The molecule has 0 aliphatic rings. The van der Waals surface area contributed by atoms with E-state index in [1.165, 1.54) is 17.7 Å². The summed E-state index contributed by atoms with van der Waals surface area (Å²) in [6.45, 7) is 0. The third kappa shape index (κ3) is 1.46. The van der Waals surface area contributed by atoms with Crippen LogP contribution in [0.1, 0.15) is 9.67 Å². The molecule has 0 aliphatic heterocycles. The Bertz CT molecular complexity index is 412. The third-order valence-corrected chi connectivity index (χ3v) is 2.29. The van der Waals surface area contributed by atoms with Gasteiger partial charge < -0.3 is 0 Å². The van der Waals surface area contributed by atoms with Crippen LogP contribution in [0.2, 0.25) is 0 Å². The Hall–Kier alpha value is -1.62. The van der Waals surface area contributed by atoms with Crippen LogP contribution >= 0.6 is 11.3 Å². The van der Waals surface area contributed by atoms with Gasteiger partial charge in [0.1, 0.15) is 6.33 Å². The van der Waals surface area contributed by atoms with Crippen LogP contribution in [0.15, 0.2) is 24.2 Å². The molecule has 0 saturated carbocycles. The second kappa shape index (κ2) is 3.40. The van der Waals surface area contributed by atoms with Gasteiger partial charge in [-0.1, -0.05) is 0 Å². The number of nitrogens with zero attached hydrogens (tertiary/aromatic N) is 3. The second-order valence-corrected chi connectivity index (χ2v) is 3.20. The van der Waals surface area contributed by atoms with Crippen LogP contribution in [0.3, 0.4) is 0 Å². The van der Waals surface area contributed by atoms with Crippen molar-refractivity contribution in [1.29, 1.82) is 0 Å². The first kappa shape index (κ1) is 8.00. The number of aldehydes is 1. The molecule has 4 nitrogen and oxygen atoms in total. The number of hydrogen-bond donors (Lipinski definition) is 0. The lowest BCUT2D eigenvalue weighted by Crippen LogP contribution is -1.85. The molecule has 0 saturated heterocycles. The van der Waals surface area contributed by atoms with Gasteiger partial charge in [-0.05, 0) is 0 Å². The molecular weight excluding hydrogens is 186 g/mol. The maximum atomic E-state index is 10.6. The maximum absolute atomic E-state index is 10.6.